The highest BCUT2D eigenvalue weighted by molar-refractivity contribution is 7.92. The fourth-order valence-corrected chi connectivity index (χ4v) is 5.67. The maximum absolute atomic E-state index is 13.8. The van der Waals surface area contributed by atoms with Crippen LogP contribution in [0.4, 0.5) is 10.1 Å². The first-order valence-electron chi connectivity index (χ1n) is 14.8. The molecule has 8 nitrogen and oxygen atoms in total. The number of nitrogens with zero attached hydrogens (tertiary/aromatic N) is 1. The van der Waals surface area contributed by atoms with Crippen LogP contribution in [0.25, 0.3) is 0 Å². The van der Waals surface area contributed by atoms with Crippen LogP contribution in [0.2, 0.25) is 0 Å². The Morgan fingerprint density at radius 3 is 2.02 bits per heavy atom. The second kappa shape index (κ2) is 15.9. The van der Waals surface area contributed by atoms with Crippen molar-refractivity contribution in [2.24, 2.45) is 5.92 Å². The Labute approximate surface area is 264 Å². The van der Waals surface area contributed by atoms with Crippen molar-refractivity contribution in [3.8, 4) is 5.75 Å². The van der Waals surface area contributed by atoms with Crippen LogP contribution >= 0.6 is 0 Å². The van der Waals surface area contributed by atoms with Crippen molar-refractivity contribution < 1.29 is 27.1 Å². The van der Waals surface area contributed by atoms with Gasteiger partial charge >= 0.3 is 0 Å². The number of amides is 2. The zero-order valence-corrected chi connectivity index (χ0v) is 26.2. The molecule has 0 aliphatic carbocycles. The molecule has 0 aliphatic rings. The highest BCUT2D eigenvalue weighted by atomic mass is 32.2. The number of carbonyl (C=O) groups excluding carboxylic acids is 2. The molecule has 0 saturated carbocycles. The van der Waals surface area contributed by atoms with Crippen molar-refractivity contribution in [2.75, 3.05) is 17.9 Å². The van der Waals surface area contributed by atoms with Crippen LogP contribution in [0.15, 0.2) is 114 Å². The minimum Gasteiger partial charge on any atom is -0.484 e. The van der Waals surface area contributed by atoms with Crippen LogP contribution in [-0.4, -0.2) is 44.3 Å². The average Bonchev–Trinajstić information content (AvgIpc) is 3.03. The smallest absolute Gasteiger partial charge is 0.261 e. The minimum atomic E-state index is -3.93. The number of ether oxygens (including phenoxy) is 1. The molecule has 4 rings (SSSR count). The summed E-state index contributed by atoms with van der Waals surface area (Å²) in [6.45, 7) is 4.50. The van der Waals surface area contributed by atoms with Crippen molar-refractivity contribution in [1.82, 2.24) is 10.2 Å². The van der Waals surface area contributed by atoms with Gasteiger partial charge in [-0.2, -0.15) is 0 Å². The predicted molar refractivity (Wildman–Crippen MR) is 173 cm³/mol. The number of rotatable bonds is 15. The van der Waals surface area contributed by atoms with E-state index in [1.165, 1.54) is 36.4 Å². The summed E-state index contributed by atoms with van der Waals surface area (Å²) in [6, 6.07) is 28.8. The van der Waals surface area contributed by atoms with Crippen LogP contribution in [0, 0.1) is 11.7 Å². The fraction of sp³-hybridized carbons (Fsp3) is 0.257. The second-order valence-corrected chi connectivity index (χ2v) is 12.7. The lowest BCUT2D eigenvalue weighted by atomic mass is 10.0. The number of hydrogen-bond acceptors (Lipinski definition) is 5. The molecule has 2 N–H and O–H groups in total. The summed E-state index contributed by atoms with van der Waals surface area (Å²) >= 11 is 0. The van der Waals surface area contributed by atoms with Gasteiger partial charge in [0.2, 0.25) is 5.91 Å². The zero-order valence-electron chi connectivity index (χ0n) is 25.4. The van der Waals surface area contributed by atoms with Gasteiger partial charge in [0, 0.05) is 25.2 Å². The SMILES string of the molecule is CC(C)CCNC(=O)C(Cc1ccccc1)N(Cc1ccccc1)C(=O)COc1ccc(S(=O)(=O)Nc2ccc(F)cc2)cc1. The van der Waals surface area contributed by atoms with Crippen molar-refractivity contribution in [3.05, 3.63) is 126 Å². The van der Waals surface area contributed by atoms with E-state index >= 15 is 0 Å². The number of hydrogen-bond donors (Lipinski definition) is 2. The number of carbonyl (C=O) groups is 2. The minimum absolute atomic E-state index is 0.0304. The van der Waals surface area contributed by atoms with Gasteiger partial charge in [-0.3, -0.25) is 14.3 Å². The van der Waals surface area contributed by atoms with Crippen LogP contribution in [0.1, 0.15) is 31.4 Å². The molecule has 10 heteroatoms. The molecular weight excluding hydrogens is 593 g/mol. The topological polar surface area (TPSA) is 105 Å². The molecule has 1 atom stereocenters. The first kappa shape index (κ1) is 33.2. The lowest BCUT2D eigenvalue weighted by Crippen LogP contribution is -2.52. The Balaban J connectivity index is 1.51. The molecule has 0 fully saturated rings. The van der Waals surface area contributed by atoms with E-state index in [-0.39, 0.29) is 35.4 Å². The summed E-state index contributed by atoms with van der Waals surface area (Å²) in [6.07, 6.45) is 1.13. The van der Waals surface area contributed by atoms with Gasteiger partial charge in [0.25, 0.3) is 15.9 Å². The maximum Gasteiger partial charge on any atom is 0.261 e. The average molecular weight is 632 g/mol. The fourth-order valence-electron chi connectivity index (χ4n) is 4.61. The van der Waals surface area contributed by atoms with E-state index < -0.39 is 27.8 Å². The summed E-state index contributed by atoms with van der Waals surface area (Å²) in [4.78, 5) is 28.9. The Morgan fingerprint density at radius 2 is 1.42 bits per heavy atom. The summed E-state index contributed by atoms with van der Waals surface area (Å²) in [5, 5.41) is 3.01. The largest absolute Gasteiger partial charge is 0.484 e. The van der Waals surface area contributed by atoms with E-state index in [2.05, 4.69) is 23.9 Å². The summed E-state index contributed by atoms with van der Waals surface area (Å²) in [5.41, 5.74) is 2.00. The number of anilines is 1. The van der Waals surface area contributed by atoms with Gasteiger partial charge in [0.15, 0.2) is 6.61 Å². The molecule has 0 radical (unpaired) electrons. The molecular formula is C35H38FN3O5S. The second-order valence-electron chi connectivity index (χ2n) is 11.1. The molecule has 0 heterocycles. The third-order valence-electron chi connectivity index (χ3n) is 7.08. The quantitative estimate of drug-likeness (QED) is 0.172. The van der Waals surface area contributed by atoms with E-state index in [1.54, 1.807) is 4.90 Å². The monoisotopic (exact) mass is 631 g/mol. The Morgan fingerprint density at radius 1 is 0.822 bits per heavy atom. The summed E-state index contributed by atoms with van der Waals surface area (Å²) in [7, 11) is -3.93. The first-order chi connectivity index (χ1) is 21.6. The molecule has 4 aromatic carbocycles. The highest BCUT2D eigenvalue weighted by Crippen LogP contribution is 2.21. The third-order valence-corrected chi connectivity index (χ3v) is 8.48. The zero-order chi connectivity index (χ0) is 32.2. The Kier molecular flexibility index (Phi) is 11.7. The van der Waals surface area contributed by atoms with Gasteiger partial charge in [-0.15, -0.1) is 0 Å². The van der Waals surface area contributed by atoms with Gasteiger partial charge < -0.3 is 15.0 Å². The summed E-state index contributed by atoms with van der Waals surface area (Å²) < 4.78 is 47.0. The van der Waals surface area contributed by atoms with Crippen LogP contribution in [-0.2, 0) is 32.6 Å². The van der Waals surface area contributed by atoms with Crippen molar-refractivity contribution in [3.63, 3.8) is 0 Å². The van der Waals surface area contributed by atoms with Crippen LogP contribution in [0.3, 0.4) is 0 Å². The third kappa shape index (κ3) is 10.2. The first-order valence-corrected chi connectivity index (χ1v) is 16.3. The van der Waals surface area contributed by atoms with Crippen LogP contribution < -0.4 is 14.8 Å². The van der Waals surface area contributed by atoms with Gasteiger partial charge in [0.1, 0.15) is 17.6 Å². The van der Waals surface area contributed by atoms with Crippen molar-refractivity contribution in [2.45, 2.75) is 44.2 Å². The maximum atomic E-state index is 13.8. The molecule has 236 valence electrons. The molecule has 1 unspecified atom stereocenters. The molecule has 45 heavy (non-hydrogen) atoms. The molecule has 0 bridgehead atoms. The molecule has 0 aliphatic heterocycles. The Bertz CT molecular complexity index is 1630. The Hall–Kier alpha value is -4.70. The predicted octanol–water partition coefficient (Wildman–Crippen LogP) is 5.81. The lowest BCUT2D eigenvalue weighted by molar-refractivity contribution is -0.142. The molecule has 2 amide bonds. The summed E-state index contributed by atoms with van der Waals surface area (Å²) in [5.74, 6) is -0.423. The lowest BCUT2D eigenvalue weighted by Gasteiger charge is -2.31. The van der Waals surface area contributed by atoms with Crippen molar-refractivity contribution in [1.29, 1.82) is 0 Å². The number of halogens is 1. The molecule has 4 aromatic rings. The molecule has 0 spiro atoms. The van der Waals surface area contributed by atoms with E-state index in [4.69, 9.17) is 4.74 Å². The van der Waals surface area contributed by atoms with Gasteiger partial charge in [-0.05, 0) is 72.0 Å². The van der Waals surface area contributed by atoms with Gasteiger partial charge in [-0.1, -0.05) is 74.5 Å². The van der Waals surface area contributed by atoms with E-state index in [0.717, 1.165) is 29.7 Å². The highest BCUT2D eigenvalue weighted by Gasteiger charge is 2.30. The number of nitrogens with one attached hydrogen (secondary N) is 2. The molecule has 0 saturated heterocycles. The van der Waals surface area contributed by atoms with Gasteiger partial charge in [0.05, 0.1) is 4.90 Å². The standard InChI is InChI=1S/C35H38FN3O5S/c1-26(2)21-22-37-35(41)33(23-27-9-5-3-6-10-27)39(24-28-11-7-4-8-12-28)34(40)25-44-31-17-19-32(20-18-31)45(42,43)38-30-15-13-29(36)14-16-30/h3-20,26,33,38H,21-25H2,1-2H3,(H,37,41). The van der Waals surface area contributed by atoms with E-state index in [0.29, 0.717) is 18.9 Å². The number of benzene rings is 4. The van der Waals surface area contributed by atoms with E-state index in [9.17, 15) is 22.4 Å². The molecule has 0 aromatic heterocycles. The van der Waals surface area contributed by atoms with Crippen molar-refractivity contribution >= 4 is 27.5 Å². The van der Waals surface area contributed by atoms with Crippen LogP contribution in [0.5, 0.6) is 5.75 Å². The number of sulfonamides is 1. The van der Waals surface area contributed by atoms with E-state index in [1.807, 2.05) is 60.7 Å². The normalized spacial score (nSPS) is 11.9. The van der Waals surface area contributed by atoms with Gasteiger partial charge in [-0.25, -0.2) is 12.8 Å².